The van der Waals surface area contributed by atoms with E-state index in [2.05, 4.69) is 34.6 Å². The van der Waals surface area contributed by atoms with E-state index >= 15 is 0 Å². The van der Waals surface area contributed by atoms with E-state index < -0.39 is 10.0 Å². The second-order valence-electron chi connectivity index (χ2n) is 6.42. The van der Waals surface area contributed by atoms with Crippen LogP contribution in [-0.2, 0) is 16.4 Å². The van der Waals surface area contributed by atoms with Crippen LogP contribution >= 0.6 is 0 Å². The summed E-state index contributed by atoms with van der Waals surface area (Å²) in [6.45, 7) is 2.09. The average molecular weight is 361 g/mol. The van der Waals surface area contributed by atoms with Crippen LogP contribution in [0, 0.1) is 0 Å². The van der Waals surface area contributed by atoms with Crippen LogP contribution in [0.3, 0.4) is 0 Å². The van der Waals surface area contributed by atoms with Crippen LogP contribution in [0.4, 0.5) is 5.82 Å². The summed E-state index contributed by atoms with van der Waals surface area (Å²) in [5, 5.41) is 3.31. The van der Waals surface area contributed by atoms with E-state index in [0.29, 0.717) is 18.0 Å². The lowest BCUT2D eigenvalue weighted by atomic mass is 10.1. The molecule has 1 aromatic carbocycles. The van der Waals surface area contributed by atoms with E-state index in [4.69, 9.17) is 0 Å². The first-order valence-electron chi connectivity index (χ1n) is 8.96. The van der Waals surface area contributed by atoms with E-state index in [1.165, 1.54) is 5.56 Å². The lowest BCUT2D eigenvalue weighted by Crippen LogP contribution is -2.36. The van der Waals surface area contributed by atoms with Gasteiger partial charge in [0.15, 0.2) is 0 Å². The van der Waals surface area contributed by atoms with Gasteiger partial charge >= 0.3 is 0 Å². The second kappa shape index (κ2) is 8.45. The first-order valence-corrected chi connectivity index (χ1v) is 10.4. The van der Waals surface area contributed by atoms with Crippen LogP contribution in [-0.4, -0.2) is 32.4 Å². The molecule has 134 valence electrons. The lowest BCUT2D eigenvalue weighted by molar-refractivity contribution is -0.364. The third kappa shape index (κ3) is 4.80. The highest BCUT2D eigenvalue weighted by molar-refractivity contribution is 7.89. The predicted octanol–water partition coefficient (Wildman–Crippen LogP) is 2.72. The summed E-state index contributed by atoms with van der Waals surface area (Å²) in [5.74, 6) is 0.839. The summed E-state index contributed by atoms with van der Waals surface area (Å²) < 4.78 is 26.8. The van der Waals surface area contributed by atoms with Crippen LogP contribution < -0.4 is 10.3 Å². The zero-order valence-corrected chi connectivity index (χ0v) is 15.3. The van der Waals surface area contributed by atoms with Gasteiger partial charge in [0.2, 0.25) is 10.0 Å². The smallest absolute Gasteiger partial charge is 0.272 e. The fraction of sp³-hybridized carbons (Fsp3) is 0.421. The van der Waals surface area contributed by atoms with Gasteiger partial charge in [-0.1, -0.05) is 36.8 Å². The van der Waals surface area contributed by atoms with Gasteiger partial charge in [-0.3, -0.25) is 5.32 Å². The number of piperidine rings is 1. The molecule has 2 heterocycles. The number of nitrogens with one attached hydrogen (secondary N) is 2. The molecule has 0 saturated carbocycles. The van der Waals surface area contributed by atoms with E-state index in [9.17, 15) is 8.42 Å². The minimum Gasteiger partial charge on any atom is -0.274 e. The number of aromatic amines is 1. The van der Waals surface area contributed by atoms with Crippen molar-refractivity contribution in [1.29, 1.82) is 0 Å². The van der Waals surface area contributed by atoms with E-state index in [0.717, 1.165) is 44.5 Å². The number of pyridine rings is 1. The number of rotatable bonds is 7. The lowest BCUT2D eigenvalue weighted by Gasteiger charge is -2.25. The molecule has 0 amide bonds. The number of benzene rings is 1. The van der Waals surface area contributed by atoms with Crippen LogP contribution in [0.25, 0.3) is 0 Å². The van der Waals surface area contributed by atoms with Gasteiger partial charge in [-0.05, 0) is 37.3 Å². The molecule has 1 aromatic heterocycles. The van der Waals surface area contributed by atoms with E-state index in [1.807, 2.05) is 6.07 Å². The van der Waals surface area contributed by atoms with Crippen LogP contribution in [0.2, 0.25) is 0 Å². The molecule has 0 bridgehead atoms. The van der Waals surface area contributed by atoms with Crippen LogP contribution in [0.5, 0.6) is 0 Å². The van der Waals surface area contributed by atoms with Gasteiger partial charge < -0.3 is 0 Å². The maximum atomic E-state index is 12.6. The molecule has 1 aliphatic rings. The Morgan fingerprint density at radius 2 is 1.76 bits per heavy atom. The molecule has 1 aliphatic heterocycles. The Morgan fingerprint density at radius 3 is 2.44 bits per heavy atom. The van der Waals surface area contributed by atoms with Crippen LogP contribution in [0.15, 0.2) is 53.6 Å². The monoisotopic (exact) mass is 360 g/mol. The molecule has 5 nitrogen and oxygen atoms in total. The number of aromatic nitrogens is 1. The van der Waals surface area contributed by atoms with Gasteiger partial charge in [0, 0.05) is 19.2 Å². The molecule has 0 atom stereocenters. The fourth-order valence-electron chi connectivity index (χ4n) is 3.10. The third-order valence-corrected chi connectivity index (χ3v) is 6.43. The highest BCUT2D eigenvalue weighted by Gasteiger charge is 2.26. The van der Waals surface area contributed by atoms with Crippen molar-refractivity contribution in [3.05, 3.63) is 54.2 Å². The SMILES string of the molecule is O=S(=O)(c1ccc(NCCCc2ccccc2)[nH+]c1)N1CCCCC1. The molecule has 2 aromatic rings. The summed E-state index contributed by atoms with van der Waals surface area (Å²) in [6.07, 6.45) is 6.64. The minimum atomic E-state index is -3.37. The van der Waals surface area contributed by atoms with E-state index in [-0.39, 0.29) is 0 Å². The average Bonchev–Trinajstić information content (AvgIpc) is 2.67. The first kappa shape index (κ1) is 17.9. The predicted molar refractivity (Wildman–Crippen MR) is 98.9 cm³/mol. The van der Waals surface area contributed by atoms with Crippen molar-refractivity contribution in [3.8, 4) is 0 Å². The number of aryl methyl sites for hydroxylation is 1. The summed E-state index contributed by atoms with van der Waals surface area (Å²) in [4.78, 5) is 3.40. The molecule has 0 unspecified atom stereocenters. The zero-order valence-electron chi connectivity index (χ0n) is 14.4. The fourth-order valence-corrected chi connectivity index (χ4v) is 4.58. The summed E-state index contributed by atoms with van der Waals surface area (Å²) in [7, 11) is -3.37. The Morgan fingerprint density at radius 1 is 1.00 bits per heavy atom. The molecular formula is C19H26N3O2S+. The maximum Gasteiger partial charge on any atom is 0.272 e. The number of H-pyrrole nitrogens is 1. The molecule has 2 N–H and O–H groups in total. The van der Waals surface area contributed by atoms with Crippen molar-refractivity contribution in [2.24, 2.45) is 0 Å². The second-order valence-corrected chi connectivity index (χ2v) is 8.36. The number of sulfonamides is 1. The van der Waals surface area contributed by atoms with Gasteiger partial charge in [0.05, 0.1) is 6.54 Å². The van der Waals surface area contributed by atoms with Crippen LogP contribution in [0.1, 0.15) is 31.2 Å². The van der Waals surface area contributed by atoms with E-state index in [1.54, 1.807) is 22.6 Å². The number of hydrogen-bond donors (Lipinski definition) is 1. The van der Waals surface area contributed by atoms with Crippen molar-refractivity contribution >= 4 is 15.8 Å². The van der Waals surface area contributed by atoms with Crippen molar-refractivity contribution in [2.75, 3.05) is 25.0 Å². The van der Waals surface area contributed by atoms with Crippen molar-refractivity contribution in [1.82, 2.24) is 4.31 Å². The summed E-state index contributed by atoms with van der Waals surface area (Å²) in [5.41, 5.74) is 1.33. The molecule has 0 aliphatic carbocycles. The van der Waals surface area contributed by atoms with Gasteiger partial charge in [0.1, 0.15) is 11.1 Å². The summed E-state index contributed by atoms with van der Waals surface area (Å²) in [6, 6.07) is 13.9. The molecule has 3 rings (SSSR count). The van der Waals surface area contributed by atoms with Crippen molar-refractivity contribution < 1.29 is 13.4 Å². The standard InChI is InChI=1S/C19H25N3O2S/c23-25(24,22-14-5-2-6-15-22)18-11-12-19(21-16-18)20-13-7-10-17-8-3-1-4-9-17/h1,3-4,8-9,11-12,16H,2,5-7,10,13-15H2,(H,20,21)/p+1. The largest absolute Gasteiger partial charge is 0.274 e. The Balaban J connectivity index is 1.51. The normalized spacial score (nSPS) is 15.8. The Labute approximate surface area is 150 Å². The summed E-state index contributed by atoms with van der Waals surface area (Å²) >= 11 is 0. The van der Waals surface area contributed by atoms with Gasteiger partial charge in [-0.15, -0.1) is 0 Å². The molecule has 1 saturated heterocycles. The van der Waals surface area contributed by atoms with Crippen molar-refractivity contribution in [2.45, 2.75) is 37.0 Å². The maximum absolute atomic E-state index is 12.6. The van der Waals surface area contributed by atoms with Crippen molar-refractivity contribution in [3.63, 3.8) is 0 Å². The zero-order chi connectivity index (χ0) is 17.5. The topological polar surface area (TPSA) is 63.6 Å². The molecular weight excluding hydrogens is 334 g/mol. The Bertz CT molecular complexity index is 755. The number of hydrogen-bond acceptors (Lipinski definition) is 3. The van der Waals surface area contributed by atoms with Gasteiger partial charge in [-0.2, -0.15) is 4.31 Å². The molecule has 1 fully saturated rings. The Hall–Kier alpha value is -1.92. The van der Waals surface area contributed by atoms with Gasteiger partial charge in [0.25, 0.3) is 5.82 Å². The highest BCUT2D eigenvalue weighted by Crippen LogP contribution is 2.19. The molecule has 25 heavy (non-hydrogen) atoms. The quantitative estimate of drug-likeness (QED) is 0.772. The number of anilines is 1. The first-order chi connectivity index (χ1) is 12.2. The molecule has 0 spiro atoms. The molecule has 0 radical (unpaired) electrons. The number of nitrogens with zero attached hydrogens (tertiary/aromatic N) is 1. The Kier molecular flexibility index (Phi) is 6.04. The third-order valence-electron chi connectivity index (χ3n) is 4.54. The highest BCUT2D eigenvalue weighted by atomic mass is 32.2. The van der Waals surface area contributed by atoms with Gasteiger partial charge in [-0.25, -0.2) is 13.4 Å². The minimum absolute atomic E-state index is 0.337. The molecule has 6 heteroatoms.